The van der Waals surface area contributed by atoms with Gasteiger partial charge >= 0.3 is 0 Å². The number of nitrogens with zero attached hydrogens (tertiary/aromatic N) is 3. The molecule has 0 N–H and O–H groups in total. The summed E-state index contributed by atoms with van der Waals surface area (Å²) in [5, 5.41) is 0. The Bertz CT molecular complexity index is 151. The lowest BCUT2D eigenvalue weighted by Crippen LogP contribution is -2.68. The smallest absolute Gasteiger partial charge is 0.131 e. The first-order valence-electron chi connectivity index (χ1n) is 7.16. The Labute approximate surface area is 109 Å². The summed E-state index contributed by atoms with van der Waals surface area (Å²) in [5.74, 6) is -0.198. The van der Waals surface area contributed by atoms with Crippen molar-refractivity contribution in [3.63, 3.8) is 0 Å². The maximum absolute atomic E-state index is 4.57. The van der Waals surface area contributed by atoms with Gasteiger partial charge in [-0.05, 0) is 46.2 Å². The Hall–Kier alpha value is -0.120. The Morgan fingerprint density at radius 2 is 0.765 bits per heavy atom. The predicted molar refractivity (Wildman–Crippen MR) is 76.9 cm³/mol. The molecule has 0 spiro atoms. The molecule has 3 nitrogen and oxygen atoms in total. The van der Waals surface area contributed by atoms with E-state index >= 15 is 0 Å². The number of hydrogen-bond acceptors (Lipinski definition) is 3. The van der Waals surface area contributed by atoms with Crippen LogP contribution in [0.2, 0.25) is 0 Å². The maximum atomic E-state index is 4.57. The molecule has 0 aromatic rings. The van der Waals surface area contributed by atoms with Crippen LogP contribution in [0.4, 0.5) is 0 Å². The second kappa shape index (κ2) is 8.06. The molecular weight excluding hydrogens is 210 g/mol. The van der Waals surface area contributed by atoms with Crippen molar-refractivity contribution in [1.29, 1.82) is 0 Å². The summed E-state index contributed by atoms with van der Waals surface area (Å²) in [4.78, 5) is 7.35. The van der Waals surface area contributed by atoms with Gasteiger partial charge in [0.1, 0.15) is 5.79 Å². The van der Waals surface area contributed by atoms with Gasteiger partial charge < -0.3 is 0 Å². The molecule has 0 unspecified atom stereocenters. The minimum Gasteiger partial charge on any atom is -0.273 e. The maximum Gasteiger partial charge on any atom is 0.131 e. The van der Waals surface area contributed by atoms with Crippen LogP contribution < -0.4 is 0 Å². The fourth-order valence-corrected chi connectivity index (χ4v) is 2.79. The molecule has 103 valence electrons. The van der Waals surface area contributed by atoms with Crippen molar-refractivity contribution in [1.82, 2.24) is 14.7 Å². The van der Waals surface area contributed by atoms with Crippen LogP contribution in [0.1, 0.15) is 41.5 Å². The van der Waals surface area contributed by atoms with Gasteiger partial charge in [-0.15, -0.1) is 0 Å². The molecule has 0 saturated heterocycles. The van der Waals surface area contributed by atoms with Crippen LogP contribution in [-0.4, -0.2) is 59.8 Å². The van der Waals surface area contributed by atoms with Crippen molar-refractivity contribution < 1.29 is 0 Å². The molecule has 0 saturated carbocycles. The highest BCUT2D eigenvalue weighted by molar-refractivity contribution is 4.91. The van der Waals surface area contributed by atoms with Gasteiger partial charge in [0.15, 0.2) is 0 Å². The fourth-order valence-electron chi connectivity index (χ4n) is 2.79. The Morgan fingerprint density at radius 3 is 0.882 bits per heavy atom. The highest BCUT2D eigenvalue weighted by Crippen LogP contribution is 2.24. The molecule has 0 aromatic carbocycles. The molecule has 3 heteroatoms. The van der Waals surface area contributed by atoms with Crippen molar-refractivity contribution in [2.24, 2.45) is 0 Å². The standard InChI is InChI=1S/C14H32N3/c1-8-15(9-2)14(7,16(10-3)11-4)17(12-5)13-6/h7-13H2,1-6H3. The molecule has 0 aliphatic carbocycles. The Balaban J connectivity index is 5.29. The lowest BCUT2D eigenvalue weighted by molar-refractivity contribution is -0.128. The minimum absolute atomic E-state index is 0.198. The van der Waals surface area contributed by atoms with Crippen LogP contribution in [0.5, 0.6) is 0 Å². The largest absolute Gasteiger partial charge is 0.273 e. The van der Waals surface area contributed by atoms with E-state index in [1.807, 2.05) is 0 Å². The molecule has 0 aliphatic rings. The quantitative estimate of drug-likeness (QED) is 0.575. The van der Waals surface area contributed by atoms with E-state index in [0.29, 0.717) is 0 Å². The van der Waals surface area contributed by atoms with Gasteiger partial charge in [-0.2, -0.15) is 0 Å². The fraction of sp³-hybridized carbons (Fsp3) is 0.929. The van der Waals surface area contributed by atoms with Gasteiger partial charge in [-0.1, -0.05) is 41.5 Å². The van der Waals surface area contributed by atoms with Crippen LogP contribution in [0.3, 0.4) is 0 Å². The van der Waals surface area contributed by atoms with Crippen LogP contribution in [0.15, 0.2) is 0 Å². The zero-order valence-corrected chi connectivity index (χ0v) is 12.8. The van der Waals surface area contributed by atoms with Gasteiger partial charge in [-0.25, -0.2) is 0 Å². The Kier molecular flexibility index (Phi) is 8.01. The van der Waals surface area contributed by atoms with Crippen LogP contribution in [-0.2, 0) is 0 Å². The minimum atomic E-state index is -0.198. The molecule has 0 atom stereocenters. The van der Waals surface area contributed by atoms with Crippen molar-refractivity contribution in [2.75, 3.05) is 39.3 Å². The van der Waals surface area contributed by atoms with E-state index in [-0.39, 0.29) is 5.79 Å². The van der Waals surface area contributed by atoms with E-state index in [1.54, 1.807) is 0 Å². The van der Waals surface area contributed by atoms with E-state index in [0.717, 1.165) is 39.3 Å². The summed E-state index contributed by atoms with van der Waals surface area (Å²) < 4.78 is 0. The summed E-state index contributed by atoms with van der Waals surface area (Å²) >= 11 is 0. The third kappa shape index (κ3) is 3.43. The zero-order valence-electron chi connectivity index (χ0n) is 12.8. The predicted octanol–water partition coefficient (Wildman–Crippen LogP) is 2.50. The van der Waals surface area contributed by atoms with Crippen LogP contribution in [0, 0.1) is 6.92 Å². The number of hydrogen-bond donors (Lipinski definition) is 0. The van der Waals surface area contributed by atoms with Crippen LogP contribution >= 0.6 is 0 Å². The van der Waals surface area contributed by atoms with Gasteiger partial charge in [0.2, 0.25) is 0 Å². The average Bonchev–Trinajstić information content (AvgIpc) is 2.33. The average molecular weight is 242 g/mol. The lowest BCUT2D eigenvalue weighted by atomic mass is 10.2. The monoisotopic (exact) mass is 242 g/mol. The highest BCUT2D eigenvalue weighted by Gasteiger charge is 2.39. The van der Waals surface area contributed by atoms with Crippen molar-refractivity contribution in [2.45, 2.75) is 47.3 Å². The third-order valence-corrected chi connectivity index (χ3v) is 3.81. The molecule has 0 amide bonds. The molecule has 0 rings (SSSR count). The molecule has 0 aromatic heterocycles. The van der Waals surface area contributed by atoms with Crippen molar-refractivity contribution in [3.8, 4) is 0 Å². The number of rotatable bonds is 9. The first-order chi connectivity index (χ1) is 8.06. The molecule has 1 radical (unpaired) electrons. The van der Waals surface area contributed by atoms with E-state index < -0.39 is 0 Å². The lowest BCUT2D eigenvalue weighted by Gasteiger charge is -2.53. The second-order valence-corrected chi connectivity index (χ2v) is 4.29. The zero-order chi connectivity index (χ0) is 13.5. The summed E-state index contributed by atoms with van der Waals surface area (Å²) in [6, 6.07) is 0. The molecular formula is C14H32N3. The van der Waals surface area contributed by atoms with Crippen LogP contribution in [0.25, 0.3) is 0 Å². The topological polar surface area (TPSA) is 9.72 Å². The molecule has 17 heavy (non-hydrogen) atoms. The molecule has 0 bridgehead atoms. The van der Waals surface area contributed by atoms with E-state index in [9.17, 15) is 0 Å². The van der Waals surface area contributed by atoms with Crippen molar-refractivity contribution in [3.05, 3.63) is 6.92 Å². The SMILES string of the molecule is [CH2]C(N(CC)CC)(N(CC)CC)N(CC)CC. The summed E-state index contributed by atoms with van der Waals surface area (Å²) in [6.07, 6.45) is 0. The highest BCUT2D eigenvalue weighted by atomic mass is 15.6. The first-order valence-corrected chi connectivity index (χ1v) is 7.16. The second-order valence-electron chi connectivity index (χ2n) is 4.29. The van der Waals surface area contributed by atoms with Gasteiger partial charge in [0, 0.05) is 0 Å². The van der Waals surface area contributed by atoms with E-state index in [2.05, 4.69) is 63.2 Å². The normalized spacial score (nSPS) is 13.1. The summed E-state index contributed by atoms with van der Waals surface area (Å²) in [6.45, 7) is 24.1. The third-order valence-electron chi connectivity index (χ3n) is 3.81. The first kappa shape index (κ1) is 16.9. The van der Waals surface area contributed by atoms with Gasteiger partial charge in [-0.3, -0.25) is 14.7 Å². The van der Waals surface area contributed by atoms with Crippen molar-refractivity contribution >= 4 is 0 Å². The summed E-state index contributed by atoms with van der Waals surface area (Å²) in [5.41, 5.74) is 0. The van der Waals surface area contributed by atoms with Gasteiger partial charge in [0.25, 0.3) is 0 Å². The van der Waals surface area contributed by atoms with E-state index in [4.69, 9.17) is 0 Å². The molecule has 0 heterocycles. The summed E-state index contributed by atoms with van der Waals surface area (Å²) in [7, 11) is 0. The van der Waals surface area contributed by atoms with Gasteiger partial charge in [0.05, 0.1) is 0 Å². The molecule has 0 fully saturated rings. The van der Waals surface area contributed by atoms with E-state index in [1.165, 1.54) is 0 Å². The molecule has 0 aliphatic heterocycles. The Morgan fingerprint density at radius 1 is 0.588 bits per heavy atom.